The monoisotopic (exact) mass is 439 g/mol. The molecular weight excluding hydrogens is 406 g/mol. The van der Waals surface area contributed by atoms with Crippen LogP contribution in [0.25, 0.3) is 0 Å². The molecule has 2 aromatic rings. The minimum atomic E-state index is -1.14. The topological polar surface area (TPSA) is 90.9 Å². The van der Waals surface area contributed by atoms with Crippen LogP contribution in [0.15, 0.2) is 60.7 Å². The number of carbonyl (C=O) groups is 2. The Labute approximate surface area is 189 Å². The van der Waals surface area contributed by atoms with Gasteiger partial charge in [-0.3, -0.25) is 10.1 Å². The Kier molecular flexibility index (Phi) is 7.53. The number of amides is 2. The predicted octanol–water partition coefficient (Wildman–Crippen LogP) is 2.83. The molecule has 3 unspecified atom stereocenters. The zero-order valence-corrected chi connectivity index (χ0v) is 19.1. The molecule has 7 nitrogen and oxygen atoms in total. The summed E-state index contributed by atoms with van der Waals surface area (Å²) in [5.41, 5.74) is 1.28. The van der Waals surface area contributed by atoms with Crippen LogP contribution in [0, 0.1) is 0 Å². The standard InChI is InChI=1S/C25H33N3O4/c1-17-26-21(23(30)28(17)16-19-13-9-6-10-14-19)22(29)20(15-18-11-7-5-8-12-18)27-24(31)32-25(2,3)4/h5-14,17,20-22,26,29H,15-16H2,1-4H3,(H,27,31)/t17?,20-,21?,22?/m0/s1. The van der Waals surface area contributed by atoms with E-state index >= 15 is 0 Å². The summed E-state index contributed by atoms with van der Waals surface area (Å²) >= 11 is 0. The molecule has 0 bridgehead atoms. The first-order valence-electron chi connectivity index (χ1n) is 11.0. The van der Waals surface area contributed by atoms with Gasteiger partial charge >= 0.3 is 6.09 Å². The number of aliphatic hydroxyl groups is 1. The SMILES string of the molecule is CC1NC(C(O)[C@H](Cc2ccccc2)NC(=O)OC(C)(C)C)C(=O)N1Cc1ccccc1. The number of nitrogens with zero attached hydrogens (tertiary/aromatic N) is 1. The number of alkyl carbamates (subject to hydrolysis) is 1. The number of hydrogen-bond donors (Lipinski definition) is 3. The van der Waals surface area contributed by atoms with Crippen LogP contribution in [-0.4, -0.2) is 52.0 Å². The van der Waals surface area contributed by atoms with Crippen LogP contribution in [0.3, 0.4) is 0 Å². The van der Waals surface area contributed by atoms with Crippen molar-refractivity contribution in [2.24, 2.45) is 0 Å². The first-order valence-corrected chi connectivity index (χ1v) is 11.0. The maximum absolute atomic E-state index is 13.2. The Morgan fingerprint density at radius 3 is 2.22 bits per heavy atom. The van der Waals surface area contributed by atoms with Crippen LogP contribution in [0.4, 0.5) is 4.79 Å². The second kappa shape index (κ2) is 10.1. The Balaban J connectivity index is 1.76. The lowest BCUT2D eigenvalue weighted by molar-refractivity contribution is -0.132. The highest BCUT2D eigenvalue weighted by atomic mass is 16.6. The fraction of sp³-hybridized carbons (Fsp3) is 0.440. The number of benzene rings is 2. The van der Waals surface area contributed by atoms with Gasteiger partial charge in [-0.05, 0) is 45.2 Å². The highest BCUT2D eigenvalue weighted by molar-refractivity contribution is 5.85. The van der Waals surface area contributed by atoms with E-state index in [4.69, 9.17) is 4.74 Å². The van der Waals surface area contributed by atoms with E-state index in [2.05, 4.69) is 10.6 Å². The summed E-state index contributed by atoms with van der Waals surface area (Å²) < 4.78 is 5.39. The van der Waals surface area contributed by atoms with Crippen molar-refractivity contribution < 1.29 is 19.4 Å². The molecule has 0 saturated carbocycles. The second-order valence-electron chi connectivity index (χ2n) is 9.21. The third-order valence-electron chi connectivity index (χ3n) is 5.39. The van der Waals surface area contributed by atoms with Gasteiger partial charge in [-0.15, -0.1) is 0 Å². The van der Waals surface area contributed by atoms with Gasteiger partial charge in [0.15, 0.2) is 0 Å². The lowest BCUT2D eigenvalue weighted by Crippen LogP contribution is -2.55. The van der Waals surface area contributed by atoms with Crippen molar-refractivity contribution in [3.8, 4) is 0 Å². The number of carbonyl (C=O) groups excluding carboxylic acids is 2. The summed E-state index contributed by atoms with van der Waals surface area (Å²) in [6, 6.07) is 17.7. The van der Waals surface area contributed by atoms with E-state index in [0.29, 0.717) is 13.0 Å². The van der Waals surface area contributed by atoms with Crippen molar-refractivity contribution >= 4 is 12.0 Å². The van der Waals surface area contributed by atoms with Gasteiger partial charge in [0, 0.05) is 6.54 Å². The lowest BCUT2D eigenvalue weighted by Gasteiger charge is -2.29. The Bertz CT molecular complexity index is 898. The van der Waals surface area contributed by atoms with Crippen molar-refractivity contribution in [1.29, 1.82) is 0 Å². The van der Waals surface area contributed by atoms with Crippen LogP contribution >= 0.6 is 0 Å². The van der Waals surface area contributed by atoms with Crippen LogP contribution in [0.5, 0.6) is 0 Å². The predicted molar refractivity (Wildman–Crippen MR) is 123 cm³/mol. The van der Waals surface area contributed by atoms with Gasteiger partial charge < -0.3 is 20.1 Å². The van der Waals surface area contributed by atoms with Gasteiger partial charge in [0.05, 0.1) is 18.3 Å². The number of hydrogen-bond acceptors (Lipinski definition) is 5. The summed E-state index contributed by atoms with van der Waals surface area (Å²) in [5.74, 6) is -0.196. The number of aliphatic hydroxyl groups excluding tert-OH is 1. The van der Waals surface area contributed by atoms with E-state index in [1.54, 1.807) is 25.7 Å². The van der Waals surface area contributed by atoms with Crippen LogP contribution < -0.4 is 10.6 Å². The highest BCUT2D eigenvalue weighted by Gasteiger charge is 2.43. The zero-order chi connectivity index (χ0) is 23.3. The van der Waals surface area contributed by atoms with E-state index in [-0.39, 0.29) is 12.1 Å². The van der Waals surface area contributed by atoms with E-state index < -0.39 is 29.9 Å². The molecule has 1 heterocycles. The van der Waals surface area contributed by atoms with E-state index in [1.165, 1.54) is 0 Å². The molecule has 2 amide bonds. The summed E-state index contributed by atoms with van der Waals surface area (Å²) in [4.78, 5) is 27.4. The average Bonchev–Trinajstić information content (AvgIpc) is 3.01. The normalized spacial score (nSPS) is 20.7. The molecule has 3 N–H and O–H groups in total. The van der Waals surface area contributed by atoms with Gasteiger partial charge in [0.1, 0.15) is 11.6 Å². The number of nitrogens with one attached hydrogen (secondary N) is 2. The lowest BCUT2D eigenvalue weighted by atomic mass is 9.96. The van der Waals surface area contributed by atoms with E-state index in [0.717, 1.165) is 11.1 Å². The van der Waals surface area contributed by atoms with Gasteiger partial charge in [-0.2, -0.15) is 0 Å². The summed E-state index contributed by atoms with van der Waals surface area (Å²) in [7, 11) is 0. The summed E-state index contributed by atoms with van der Waals surface area (Å²) in [6.45, 7) is 7.67. The first kappa shape index (κ1) is 23.8. The number of rotatable bonds is 7. The van der Waals surface area contributed by atoms with Gasteiger partial charge in [-0.1, -0.05) is 60.7 Å². The molecule has 2 aromatic carbocycles. The van der Waals surface area contributed by atoms with Crippen molar-refractivity contribution in [3.05, 3.63) is 71.8 Å². The fourth-order valence-corrected chi connectivity index (χ4v) is 3.85. The third kappa shape index (κ3) is 6.31. The van der Waals surface area contributed by atoms with Gasteiger partial charge in [-0.25, -0.2) is 4.79 Å². The molecule has 172 valence electrons. The molecule has 0 spiro atoms. The van der Waals surface area contributed by atoms with Crippen LogP contribution in [-0.2, 0) is 22.5 Å². The Morgan fingerprint density at radius 2 is 1.66 bits per heavy atom. The second-order valence-corrected chi connectivity index (χ2v) is 9.21. The quantitative estimate of drug-likeness (QED) is 0.617. The van der Waals surface area contributed by atoms with Crippen molar-refractivity contribution in [3.63, 3.8) is 0 Å². The van der Waals surface area contributed by atoms with Crippen molar-refractivity contribution in [2.75, 3.05) is 0 Å². The largest absolute Gasteiger partial charge is 0.444 e. The molecule has 7 heteroatoms. The van der Waals surface area contributed by atoms with Crippen molar-refractivity contribution in [1.82, 2.24) is 15.5 Å². The molecule has 1 saturated heterocycles. The summed E-state index contributed by atoms with van der Waals surface area (Å²) in [5, 5.41) is 17.2. The number of ether oxygens (including phenoxy) is 1. The maximum atomic E-state index is 13.2. The Hall–Kier alpha value is -2.90. The molecule has 4 atom stereocenters. The highest BCUT2D eigenvalue weighted by Crippen LogP contribution is 2.20. The summed E-state index contributed by atoms with van der Waals surface area (Å²) in [6.07, 6.45) is -1.66. The van der Waals surface area contributed by atoms with Crippen LogP contribution in [0.1, 0.15) is 38.8 Å². The molecule has 1 aliphatic rings. The van der Waals surface area contributed by atoms with E-state index in [1.807, 2.05) is 67.6 Å². The van der Waals surface area contributed by atoms with E-state index in [9.17, 15) is 14.7 Å². The van der Waals surface area contributed by atoms with Gasteiger partial charge in [0.25, 0.3) is 0 Å². The molecule has 3 rings (SSSR count). The first-order chi connectivity index (χ1) is 15.1. The fourth-order valence-electron chi connectivity index (χ4n) is 3.85. The minimum Gasteiger partial charge on any atom is -0.444 e. The van der Waals surface area contributed by atoms with Crippen molar-refractivity contribution in [2.45, 2.75) is 70.6 Å². The Morgan fingerprint density at radius 1 is 1.09 bits per heavy atom. The molecular formula is C25H33N3O4. The molecule has 1 fully saturated rings. The molecule has 0 aromatic heterocycles. The van der Waals surface area contributed by atoms with Gasteiger partial charge in [0.2, 0.25) is 5.91 Å². The van der Waals surface area contributed by atoms with Crippen LogP contribution in [0.2, 0.25) is 0 Å². The zero-order valence-electron chi connectivity index (χ0n) is 19.1. The molecule has 32 heavy (non-hydrogen) atoms. The molecule has 1 aliphatic heterocycles. The molecule has 0 aliphatic carbocycles. The third-order valence-corrected chi connectivity index (χ3v) is 5.39. The average molecular weight is 440 g/mol. The maximum Gasteiger partial charge on any atom is 0.407 e. The molecule has 0 radical (unpaired) electrons. The minimum absolute atomic E-state index is 0.196. The smallest absolute Gasteiger partial charge is 0.407 e.